The molecule has 13 nitrogen and oxygen atoms in total. The second-order valence-electron chi connectivity index (χ2n) is 7.89. The zero-order chi connectivity index (χ0) is 27.4. The molecule has 0 aliphatic heterocycles. The molecule has 0 saturated heterocycles. The van der Waals surface area contributed by atoms with Gasteiger partial charge in [0.05, 0.1) is 19.1 Å². The number of benzene rings is 2. The molecule has 2 aromatic carbocycles. The highest BCUT2D eigenvalue weighted by Gasteiger charge is 2.29. The van der Waals surface area contributed by atoms with Crippen molar-refractivity contribution in [2.24, 2.45) is 0 Å². The Hall–Kier alpha value is -4.98. The highest BCUT2D eigenvalue weighted by atomic mass is 32.1. The Kier molecular flexibility index (Phi) is 7.53. The maximum atomic E-state index is 13.4. The van der Waals surface area contributed by atoms with E-state index in [2.05, 4.69) is 20.0 Å². The van der Waals surface area contributed by atoms with Gasteiger partial charge in [-0.1, -0.05) is 12.1 Å². The van der Waals surface area contributed by atoms with Gasteiger partial charge in [0.2, 0.25) is 11.8 Å². The predicted octanol–water partition coefficient (Wildman–Crippen LogP) is 3.13. The second kappa shape index (κ2) is 11.0. The van der Waals surface area contributed by atoms with Crippen molar-refractivity contribution in [3.63, 3.8) is 0 Å². The summed E-state index contributed by atoms with van der Waals surface area (Å²) < 4.78 is 10.7. The molecule has 4 aromatic rings. The quantitative estimate of drug-likeness (QED) is 0.164. The van der Waals surface area contributed by atoms with E-state index < -0.39 is 34.4 Å². The lowest BCUT2D eigenvalue weighted by atomic mass is 10.0. The number of thiazole rings is 1. The Morgan fingerprint density at radius 3 is 2.47 bits per heavy atom. The van der Waals surface area contributed by atoms with E-state index in [4.69, 9.17) is 4.74 Å². The molecule has 0 aliphatic rings. The summed E-state index contributed by atoms with van der Waals surface area (Å²) in [6.45, 7) is 0. The smallest absolute Gasteiger partial charge is 0.357 e. The largest absolute Gasteiger partial charge is 0.497 e. The Labute approximate surface area is 218 Å². The van der Waals surface area contributed by atoms with Gasteiger partial charge in [0.25, 0.3) is 5.69 Å². The van der Waals surface area contributed by atoms with Gasteiger partial charge in [-0.25, -0.2) is 19.1 Å². The number of anilines is 1. The molecule has 0 fully saturated rings. The number of amides is 1. The van der Waals surface area contributed by atoms with E-state index in [1.807, 2.05) is 0 Å². The zero-order valence-corrected chi connectivity index (χ0v) is 20.9. The van der Waals surface area contributed by atoms with Crippen LogP contribution in [0.1, 0.15) is 22.1 Å². The zero-order valence-electron chi connectivity index (χ0n) is 20.0. The summed E-state index contributed by atoms with van der Waals surface area (Å²) in [5.41, 5.74) is 0.130. The Bertz CT molecular complexity index is 1540. The molecule has 14 heteroatoms. The first-order valence-electron chi connectivity index (χ1n) is 11.0. The van der Waals surface area contributed by atoms with Gasteiger partial charge in [-0.05, 0) is 29.8 Å². The number of nitrogens with zero attached hydrogens (tertiary/aromatic N) is 3. The van der Waals surface area contributed by atoms with E-state index >= 15 is 0 Å². The molecule has 0 saturated carbocycles. The summed E-state index contributed by atoms with van der Waals surface area (Å²) in [6, 6.07) is 10.7. The first-order valence-corrected chi connectivity index (χ1v) is 11.9. The van der Waals surface area contributed by atoms with Crippen molar-refractivity contribution in [2.75, 3.05) is 19.5 Å². The number of hydrogen-bond acceptors (Lipinski definition) is 10. The molecule has 3 N–H and O–H groups in total. The maximum Gasteiger partial charge on any atom is 0.357 e. The number of esters is 1. The van der Waals surface area contributed by atoms with Crippen LogP contribution >= 0.6 is 11.3 Å². The minimum Gasteiger partial charge on any atom is -0.497 e. The molecular weight excluding hydrogens is 518 g/mol. The van der Waals surface area contributed by atoms with E-state index in [0.717, 1.165) is 15.9 Å². The van der Waals surface area contributed by atoms with Crippen LogP contribution < -0.4 is 15.7 Å². The number of methoxy groups -OCH3 is 2. The van der Waals surface area contributed by atoms with Crippen LogP contribution in [0.15, 0.2) is 58.7 Å². The predicted molar refractivity (Wildman–Crippen MR) is 137 cm³/mol. The Morgan fingerprint density at radius 1 is 1.18 bits per heavy atom. The number of imidazole rings is 1. The van der Waals surface area contributed by atoms with Crippen LogP contribution in [0, 0.1) is 10.1 Å². The molecule has 0 spiro atoms. The van der Waals surface area contributed by atoms with Crippen molar-refractivity contribution in [3.05, 3.63) is 85.8 Å². The van der Waals surface area contributed by atoms with Crippen molar-refractivity contribution in [1.29, 1.82) is 0 Å². The molecule has 2 aromatic heterocycles. The molecule has 0 bridgehead atoms. The summed E-state index contributed by atoms with van der Waals surface area (Å²) in [7, 11) is 2.70. The van der Waals surface area contributed by atoms with Crippen LogP contribution in [-0.4, -0.2) is 50.7 Å². The van der Waals surface area contributed by atoms with Gasteiger partial charge in [-0.2, -0.15) is 0 Å². The van der Waals surface area contributed by atoms with Gasteiger partial charge >= 0.3 is 11.7 Å². The van der Waals surface area contributed by atoms with Crippen LogP contribution in [0.3, 0.4) is 0 Å². The molecule has 0 radical (unpaired) electrons. The van der Waals surface area contributed by atoms with E-state index in [0.29, 0.717) is 16.9 Å². The lowest BCUT2D eigenvalue weighted by Crippen LogP contribution is -2.33. The van der Waals surface area contributed by atoms with Gasteiger partial charge in [0.15, 0.2) is 10.8 Å². The van der Waals surface area contributed by atoms with Crippen LogP contribution in [-0.2, 0) is 16.0 Å². The minimum atomic E-state index is -1.29. The number of nitro groups is 1. The third kappa shape index (κ3) is 5.39. The van der Waals surface area contributed by atoms with Gasteiger partial charge in [0, 0.05) is 29.5 Å². The summed E-state index contributed by atoms with van der Waals surface area (Å²) in [4.78, 5) is 55.2. The number of aromatic amines is 1. The van der Waals surface area contributed by atoms with E-state index in [1.165, 1.54) is 43.9 Å². The summed E-state index contributed by atoms with van der Waals surface area (Å²) in [5.74, 6) is -1.32. The first-order chi connectivity index (χ1) is 18.2. The number of nitrogens with one attached hydrogen (secondary N) is 2. The summed E-state index contributed by atoms with van der Waals surface area (Å²) in [5, 5.41) is 26.1. The number of non-ortho nitro benzene ring substituents is 1. The van der Waals surface area contributed by atoms with Crippen LogP contribution in [0.4, 0.5) is 10.8 Å². The van der Waals surface area contributed by atoms with Crippen molar-refractivity contribution in [3.8, 4) is 22.9 Å². The number of carbonyl (C=O) groups is 2. The number of ether oxygens (including phenoxy) is 2. The number of aromatic hydroxyl groups is 1. The SMILES string of the molecule is COC(=O)c1csc(NC(=O)[C@H](Cc2ccc([N+](=O)[O-])cc2)n2c(O)c(-c3ccc(OC)cc3)[nH]c2=O)n1. The fourth-order valence-electron chi connectivity index (χ4n) is 3.68. The molecule has 38 heavy (non-hydrogen) atoms. The normalized spacial score (nSPS) is 11.5. The number of aromatic nitrogens is 3. The molecule has 196 valence electrons. The molecule has 1 amide bonds. The van der Waals surface area contributed by atoms with E-state index in [9.17, 15) is 29.6 Å². The third-order valence-electron chi connectivity index (χ3n) is 5.60. The van der Waals surface area contributed by atoms with Crippen molar-refractivity contribution in [1.82, 2.24) is 14.5 Å². The molecule has 0 unspecified atom stereocenters. The Balaban J connectivity index is 1.72. The van der Waals surface area contributed by atoms with Gasteiger partial charge in [0.1, 0.15) is 17.5 Å². The van der Waals surface area contributed by atoms with E-state index in [1.54, 1.807) is 24.3 Å². The highest BCUT2D eigenvalue weighted by molar-refractivity contribution is 7.14. The second-order valence-corrected chi connectivity index (χ2v) is 8.75. The number of nitro benzene ring substituents is 1. The standard InChI is InChI=1S/C24H21N5O8S/c1-36-16-9-5-14(6-10-16)19-21(31)28(24(33)26-19)18(11-13-3-7-15(8-4-13)29(34)35)20(30)27-23-25-17(12-38-23)22(32)37-2/h3-10,12,18,31H,11H2,1-2H3,(H,26,33)(H,25,27,30)/t18-/m0/s1. The molecule has 4 rings (SSSR count). The number of rotatable bonds is 9. The lowest BCUT2D eigenvalue weighted by Gasteiger charge is -2.18. The van der Waals surface area contributed by atoms with Gasteiger partial charge in [-0.15, -0.1) is 11.3 Å². The highest BCUT2D eigenvalue weighted by Crippen LogP contribution is 2.31. The van der Waals surface area contributed by atoms with Crippen molar-refractivity contribution in [2.45, 2.75) is 12.5 Å². The minimum absolute atomic E-state index is 0.0110. The molecular formula is C24H21N5O8S. The fraction of sp³-hybridized carbons (Fsp3) is 0.167. The molecule has 0 aliphatic carbocycles. The average molecular weight is 540 g/mol. The summed E-state index contributed by atoms with van der Waals surface area (Å²) >= 11 is 0.971. The van der Waals surface area contributed by atoms with Crippen LogP contribution in [0.25, 0.3) is 11.3 Å². The van der Waals surface area contributed by atoms with Crippen LogP contribution in [0.5, 0.6) is 11.6 Å². The number of H-pyrrole nitrogens is 1. The van der Waals surface area contributed by atoms with Gasteiger partial charge in [-0.3, -0.25) is 14.9 Å². The number of carbonyl (C=O) groups excluding carboxylic acids is 2. The van der Waals surface area contributed by atoms with E-state index in [-0.39, 0.29) is 28.6 Å². The topological polar surface area (TPSA) is 179 Å². The molecule has 2 heterocycles. The van der Waals surface area contributed by atoms with Gasteiger partial charge < -0.3 is 24.9 Å². The first kappa shape index (κ1) is 26.1. The summed E-state index contributed by atoms with van der Waals surface area (Å²) in [6.07, 6.45) is -0.105. The average Bonchev–Trinajstić information content (AvgIpc) is 3.50. The Morgan fingerprint density at radius 2 is 1.87 bits per heavy atom. The maximum absolute atomic E-state index is 13.4. The third-order valence-corrected chi connectivity index (χ3v) is 6.36. The number of hydrogen-bond donors (Lipinski definition) is 3. The monoisotopic (exact) mass is 539 g/mol. The fourth-order valence-corrected chi connectivity index (χ4v) is 4.37. The van der Waals surface area contributed by atoms with Crippen molar-refractivity contribution < 1.29 is 29.1 Å². The molecule has 1 atom stereocenters. The van der Waals surface area contributed by atoms with Crippen molar-refractivity contribution >= 4 is 34.0 Å². The van der Waals surface area contributed by atoms with Crippen LogP contribution in [0.2, 0.25) is 0 Å². The lowest BCUT2D eigenvalue weighted by molar-refractivity contribution is -0.384.